The predicted molar refractivity (Wildman–Crippen MR) is 122 cm³/mol. The van der Waals surface area contributed by atoms with Gasteiger partial charge in [0.1, 0.15) is 11.9 Å². The Morgan fingerprint density at radius 1 is 1.13 bits per heavy atom. The van der Waals surface area contributed by atoms with E-state index in [9.17, 15) is 14.0 Å². The van der Waals surface area contributed by atoms with Crippen LogP contribution in [-0.2, 0) is 21.9 Å². The van der Waals surface area contributed by atoms with Crippen molar-refractivity contribution in [1.29, 1.82) is 0 Å². The molecule has 2 amide bonds. The molecular formula is C22H25Cl2FN2O2S. The molecule has 0 spiro atoms. The third-order valence-electron chi connectivity index (χ3n) is 4.51. The highest BCUT2D eigenvalue weighted by molar-refractivity contribution is 7.99. The van der Waals surface area contributed by atoms with Crippen molar-refractivity contribution in [2.75, 3.05) is 12.3 Å². The van der Waals surface area contributed by atoms with Crippen LogP contribution in [-0.4, -0.2) is 35.1 Å². The topological polar surface area (TPSA) is 49.4 Å². The molecule has 0 saturated heterocycles. The summed E-state index contributed by atoms with van der Waals surface area (Å²) >= 11 is 14.0. The summed E-state index contributed by atoms with van der Waals surface area (Å²) in [7, 11) is 0. The monoisotopic (exact) mass is 470 g/mol. The first kappa shape index (κ1) is 24.5. The van der Waals surface area contributed by atoms with E-state index in [0.717, 1.165) is 12.0 Å². The van der Waals surface area contributed by atoms with Crippen LogP contribution in [0, 0.1) is 5.82 Å². The molecular weight excluding hydrogens is 446 g/mol. The molecule has 0 heterocycles. The van der Waals surface area contributed by atoms with Gasteiger partial charge in [-0.15, -0.1) is 11.8 Å². The van der Waals surface area contributed by atoms with E-state index >= 15 is 0 Å². The zero-order chi connectivity index (χ0) is 22.1. The van der Waals surface area contributed by atoms with Gasteiger partial charge in [-0.3, -0.25) is 9.59 Å². The fourth-order valence-electron chi connectivity index (χ4n) is 2.75. The number of nitrogens with zero attached hydrogens (tertiary/aromatic N) is 1. The first-order valence-corrected chi connectivity index (χ1v) is 11.6. The molecule has 0 bridgehead atoms. The number of carbonyl (C=O) groups excluding carboxylic acids is 2. The van der Waals surface area contributed by atoms with E-state index in [2.05, 4.69) is 5.32 Å². The van der Waals surface area contributed by atoms with Crippen molar-refractivity contribution in [3.05, 3.63) is 69.5 Å². The molecule has 0 aliphatic heterocycles. The summed E-state index contributed by atoms with van der Waals surface area (Å²) in [5.41, 5.74) is 1.52. The molecule has 1 N–H and O–H groups in total. The van der Waals surface area contributed by atoms with Crippen molar-refractivity contribution in [1.82, 2.24) is 10.2 Å². The summed E-state index contributed by atoms with van der Waals surface area (Å²) in [6, 6.07) is 10.6. The van der Waals surface area contributed by atoms with Crippen LogP contribution >= 0.6 is 35.0 Å². The molecule has 162 valence electrons. The smallest absolute Gasteiger partial charge is 0.242 e. The summed E-state index contributed by atoms with van der Waals surface area (Å²) in [5, 5.41) is 3.72. The molecule has 2 rings (SSSR count). The SMILES string of the molecule is CCCNC(=O)[C@H](C)N(Cc1c(Cl)cccc1Cl)C(=O)CSCc1ccc(F)cc1. The molecule has 0 saturated carbocycles. The van der Waals surface area contributed by atoms with Crippen LogP contribution in [0.25, 0.3) is 0 Å². The second kappa shape index (κ2) is 12.2. The van der Waals surface area contributed by atoms with Crippen LogP contribution in [0.4, 0.5) is 4.39 Å². The lowest BCUT2D eigenvalue weighted by molar-refractivity contribution is -0.138. The molecule has 30 heavy (non-hydrogen) atoms. The highest BCUT2D eigenvalue weighted by Gasteiger charge is 2.27. The Kier molecular flexibility index (Phi) is 9.95. The third kappa shape index (κ3) is 7.18. The highest BCUT2D eigenvalue weighted by Crippen LogP contribution is 2.27. The Morgan fingerprint density at radius 2 is 1.77 bits per heavy atom. The van der Waals surface area contributed by atoms with E-state index in [4.69, 9.17) is 23.2 Å². The van der Waals surface area contributed by atoms with Crippen molar-refractivity contribution in [3.8, 4) is 0 Å². The second-order valence-electron chi connectivity index (χ2n) is 6.81. The Labute approximate surface area is 191 Å². The number of carbonyl (C=O) groups is 2. The van der Waals surface area contributed by atoms with Crippen molar-refractivity contribution < 1.29 is 14.0 Å². The van der Waals surface area contributed by atoms with Gasteiger partial charge in [-0.2, -0.15) is 0 Å². The van der Waals surface area contributed by atoms with Gasteiger partial charge < -0.3 is 10.2 Å². The van der Waals surface area contributed by atoms with Gasteiger partial charge in [0.25, 0.3) is 0 Å². The van der Waals surface area contributed by atoms with Crippen molar-refractivity contribution >= 4 is 46.8 Å². The van der Waals surface area contributed by atoms with E-state index in [1.54, 1.807) is 37.3 Å². The number of amides is 2. The summed E-state index contributed by atoms with van der Waals surface area (Å²) in [4.78, 5) is 27.0. The maximum absolute atomic E-state index is 13.0. The average molecular weight is 471 g/mol. The molecule has 0 aliphatic carbocycles. The molecule has 2 aromatic carbocycles. The lowest BCUT2D eigenvalue weighted by Gasteiger charge is -2.29. The Bertz CT molecular complexity index is 844. The van der Waals surface area contributed by atoms with E-state index in [1.165, 1.54) is 28.8 Å². The average Bonchev–Trinajstić information content (AvgIpc) is 2.72. The lowest BCUT2D eigenvalue weighted by atomic mass is 10.1. The van der Waals surface area contributed by atoms with Gasteiger partial charge in [0.05, 0.1) is 5.75 Å². The van der Waals surface area contributed by atoms with Crippen LogP contribution in [0.3, 0.4) is 0 Å². The van der Waals surface area contributed by atoms with Crippen molar-refractivity contribution in [2.24, 2.45) is 0 Å². The molecule has 0 aliphatic rings. The minimum atomic E-state index is -0.678. The number of thioether (sulfide) groups is 1. The number of nitrogens with one attached hydrogen (secondary N) is 1. The summed E-state index contributed by atoms with van der Waals surface area (Å²) in [6.07, 6.45) is 0.802. The molecule has 1 atom stereocenters. The standard InChI is InChI=1S/C22H25Cl2FN2O2S/c1-3-11-26-22(29)15(2)27(12-18-19(23)5-4-6-20(18)24)21(28)14-30-13-16-7-9-17(25)10-8-16/h4-10,15H,3,11-14H2,1-2H3,(H,26,29)/t15-/m0/s1. The van der Waals surface area contributed by atoms with Gasteiger partial charge >= 0.3 is 0 Å². The molecule has 2 aromatic rings. The number of benzene rings is 2. The van der Waals surface area contributed by atoms with E-state index < -0.39 is 6.04 Å². The van der Waals surface area contributed by atoms with Gasteiger partial charge in [0, 0.05) is 34.5 Å². The summed E-state index contributed by atoms with van der Waals surface area (Å²) in [6.45, 7) is 4.33. The molecule has 0 radical (unpaired) electrons. The second-order valence-corrected chi connectivity index (χ2v) is 8.61. The highest BCUT2D eigenvalue weighted by atomic mass is 35.5. The maximum Gasteiger partial charge on any atom is 0.242 e. The normalized spacial score (nSPS) is 11.8. The Hall–Kier alpha value is -1.76. The summed E-state index contributed by atoms with van der Waals surface area (Å²) in [5.74, 6) is 0.0113. The van der Waals surface area contributed by atoms with Crippen molar-refractivity contribution in [2.45, 2.75) is 38.6 Å². The van der Waals surface area contributed by atoms with Gasteiger partial charge in [-0.25, -0.2) is 4.39 Å². The maximum atomic E-state index is 13.0. The predicted octanol–water partition coefficient (Wildman–Crippen LogP) is 5.31. The number of rotatable bonds is 10. The minimum Gasteiger partial charge on any atom is -0.354 e. The first-order valence-electron chi connectivity index (χ1n) is 9.65. The molecule has 0 aromatic heterocycles. The van der Waals surface area contributed by atoms with E-state index in [0.29, 0.717) is 27.9 Å². The Balaban J connectivity index is 2.11. The summed E-state index contributed by atoms with van der Waals surface area (Å²) < 4.78 is 13.0. The van der Waals surface area contributed by atoms with Crippen LogP contribution < -0.4 is 5.32 Å². The third-order valence-corrected chi connectivity index (χ3v) is 6.21. The largest absolute Gasteiger partial charge is 0.354 e. The van der Waals surface area contributed by atoms with Gasteiger partial charge in [0.15, 0.2) is 0 Å². The minimum absolute atomic E-state index is 0.134. The zero-order valence-electron chi connectivity index (χ0n) is 17.0. The van der Waals surface area contributed by atoms with Gasteiger partial charge in [0.2, 0.25) is 11.8 Å². The Morgan fingerprint density at radius 3 is 2.37 bits per heavy atom. The van der Waals surface area contributed by atoms with E-state index in [1.807, 2.05) is 6.92 Å². The number of halogens is 3. The number of hydrogen-bond donors (Lipinski definition) is 1. The zero-order valence-corrected chi connectivity index (χ0v) is 19.3. The molecule has 0 unspecified atom stereocenters. The van der Waals surface area contributed by atoms with Crippen molar-refractivity contribution in [3.63, 3.8) is 0 Å². The fraction of sp³-hybridized carbons (Fsp3) is 0.364. The molecule has 0 fully saturated rings. The van der Waals surface area contributed by atoms with Gasteiger partial charge in [-0.05, 0) is 43.2 Å². The number of hydrogen-bond acceptors (Lipinski definition) is 3. The molecule has 8 heteroatoms. The van der Waals surface area contributed by atoms with E-state index in [-0.39, 0.29) is 29.9 Å². The quantitative estimate of drug-likeness (QED) is 0.511. The molecule has 4 nitrogen and oxygen atoms in total. The van der Waals surface area contributed by atoms with Crippen LogP contribution in [0.15, 0.2) is 42.5 Å². The first-order chi connectivity index (χ1) is 14.3. The van der Waals surface area contributed by atoms with Crippen LogP contribution in [0.5, 0.6) is 0 Å². The van der Waals surface area contributed by atoms with Gasteiger partial charge in [-0.1, -0.05) is 48.3 Å². The fourth-order valence-corrected chi connectivity index (χ4v) is 4.14. The van der Waals surface area contributed by atoms with Crippen LogP contribution in [0.2, 0.25) is 10.0 Å². The lowest BCUT2D eigenvalue weighted by Crippen LogP contribution is -2.48. The van der Waals surface area contributed by atoms with Crippen LogP contribution in [0.1, 0.15) is 31.4 Å².